The maximum Gasteiger partial charge on any atom is 0.335 e. The summed E-state index contributed by atoms with van der Waals surface area (Å²) in [7, 11) is 1.84. The van der Waals surface area contributed by atoms with Gasteiger partial charge in [0.1, 0.15) is 5.01 Å². The highest BCUT2D eigenvalue weighted by Gasteiger charge is 2.13. The molecule has 2 heterocycles. The highest BCUT2D eigenvalue weighted by molar-refractivity contribution is 7.05. The molecule has 2 rings (SSSR count). The van der Waals surface area contributed by atoms with Crippen molar-refractivity contribution in [3.05, 3.63) is 16.3 Å². The number of ether oxygens (including phenoxy) is 1. The molecule has 0 aliphatic carbocycles. The molecule has 0 aromatic carbocycles. The Hall–Kier alpha value is -1.43. The third-order valence-electron chi connectivity index (χ3n) is 2.15. The summed E-state index contributed by atoms with van der Waals surface area (Å²) in [6.07, 6.45) is 0. The Morgan fingerprint density at radius 1 is 1.27 bits per heavy atom. The lowest BCUT2D eigenvalue weighted by Gasteiger charge is -2.01. The van der Waals surface area contributed by atoms with Gasteiger partial charge in [0.15, 0.2) is 0 Å². The van der Waals surface area contributed by atoms with E-state index >= 15 is 0 Å². The number of aryl methyl sites for hydroxylation is 3. The number of nitrogens with zero attached hydrogens (tertiary/aromatic N) is 4. The van der Waals surface area contributed by atoms with E-state index in [4.69, 9.17) is 4.74 Å². The summed E-state index contributed by atoms with van der Waals surface area (Å²) in [6, 6.07) is 0.392. The molecule has 2 aromatic rings. The van der Waals surface area contributed by atoms with Gasteiger partial charge in [-0.2, -0.15) is 10.1 Å². The van der Waals surface area contributed by atoms with Crippen LogP contribution in [0.25, 0.3) is 0 Å². The topological polar surface area (TPSA) is 52.8 Å². The third-order valence-corrected chi connectivity index (χ3v) is 2.76. The van der Waals surface area contributed by atoms with E-state index < -0.39 is 0 Å². The lowest BCUT2D eigenvalue weighted by molar-refractivity contribution is 0.401. The molecule has 0 N–H and O–H groups in total. The first-order valence-corrected chi connectivity index (χ1v) is 5.33. The molecule has 80 valence electrons. The zero-order valence-corrected chi connectivity index (χ0v) is 9.92. The molecule has 0 amide bonds. The molecule has 0 bridgehead atoms. The van der Waals surface area contributed by atoms with Crippen molar-refractivity contribution >= 4 is 11.5 Å². The molecule has 6 heteroatoms. The van der Waals surface area contributed by atoms with Crippen LogP contribution in [0.3, 0.4) is 0 Å². The summed E-state index contributed by atoms with van der Waals surface area (Å²) in [4.78, 5) is 4.14. The van der Waals surface area contributed by atoms with Gasteiger partial charge in [0, 0.05) is 12.6 Å². The minimum atomic E-state index is 0.392. The van der Waals surface area contributed by atoms with Crippen molar-refractivity contribution in [2.45, 2.75) is 20.8 Å². The second-order valence-electron chi connectivity index (χ2n) is 3.34. The van der Waals surface area contributed by atoms with E-state index in [2.05, 4.69) is 14.5 Å². The summed E-state index contributed by atoms with van der Waals surface area (Å²) >= 11 is 1.33. The molecule has 2 aromatic heterocycles. The van der Waals surface area contributed by atoms with Crippen molar-refractivity contribution in [2.75, 3.05) is 0 Å². The van der Waals surface area contributed by atoms with Gasteiger partial charge in [-0.15, -0.1) is 4.37 Å². The van der Waals surface area contributed by atoms with Crippen LogP contribution in [-0.2, 0) is 7.05 Å². The predicted octanol–water partition coefficient (Wildman–Crippen LogP) is 1.99. The van der Waals surface area contributed by atoms with Gasteiger partial charge in [-0.05, 0) is 32.3 Å². The van der Waals surface area contributed by atoms with Gasteiger partial charge in [0.05, 0.1) is 5.69 Å². The minimum absolute atomic E-state index is 0.392. The van der Waals surface area contributed by atoms with E-state index in [-0.39, 0.29) is 0 Å². The Labute approximate surface area is 91.9 Å². The molecule has 15 heavy (non-hydrogen) atoms. The first-order valence-electron chi connectivity index (χ1n) is 4.56. The summed E-state index contributed by atoms with van der Waals surface area (Å²) in [6.45, 7) is 5.81. The molecule has 0 spiro atoms. The molecular weight excluding hydrogens is 212 g/mol. The van der Waals surface area contributed by atoms with E-state index in [0.717, 1.165) is 16.3 Å². The molecule has 0 unspecified atom stereocenters. The fourth-order valence-electron chi connectivity index (χ4n) is 1.29. The maximum atomic E-state index is 5.57. The zero-order chi connectivity index (χ0) is 11.0. The van der Waals surface area contributed by atoms with Crippen molar-refractivity contribution in [2.24, 2.45) is 7.05 Å². The number of aromatic nitrogens is 4. The van der Waals surface area contributed by atoms with Crippen LogP contribution in [0.2, 0.25) is 0 Å². The summed E-state index contributed by atoms with van der Waals surface area (Å²) in [5, 5.41) is 5.14. The Balaban J connectivity index is 2.31. The van der Waals surface area contributed by atoms with Crippen molar-refractivity contribution in [3.63, 3.8) is 0 Å². The van der Waals surface area contributed by atoms with Gasteiger partial charge in [-0.25, -0.2) is 4.68 Å². The molecular formula is C9H12N4OS. The van der Waals surface area contributed by atoms with Crippen LogP contribution in [0.15, 0.2) is 0 Å². The van der Waals surface area contributed by atoms with E-state index in [0.29, 0.717) is 11.9 Å². The smallest absolute Gasteiger partial charge is 0.335 e. The van der Waals surface area contributed by atoms with Gasteiger partial charge in [-0.1, -0.05) is 0 Å². The molecule has 0 aliphatic heterocycles. The van der Waals surface area contributed by atoms with Crippen LogP contribution in [-0.4, -0.2) is 19.1 Å². The van der Waals surface area contributed by atoms with Crippen LogP contribution in [0.1, 0.15) is 16.3 Å². The second-order valence-corrected chi connectivity index (χ2v) is 4.29. The first-order chi connectivity index (χ1) is 7.08. The highest BCUT2D eigenvalue weighted by atomic mass is 32.1. The Kier molecular flexibility index (Phi) is 2.44. The van der Waals surface area contributed by atoms with Gasteiger partial charge in [0.25, 0.3) is 0 Å². The average molecular weight is 224 g/mol. The molecule has 0 atom stereocenters. The van der Waals surface area contributed by atoms with Crippen molar-refractivity contribution in [1.29, 1.82) is 0 Å². The lowest BCUT2D eigenvalue weighted by atomic mass is 10.3. The lowest BCUT2D eigenvalue weighted by Crippen LogP contribution is -1.96. The number of hydrogen-bond donors (Lipinski definition) is 0. The van der Waals surface area contributed by atoms with Crippen LogP contribution in [0.4, 0.5) is 0 Å². The van der Waals surface area contributed by atoms with Crippen LogP contribution in [0, 0.1) is 20.8 Å². The predicted molar refractivity (Wildman–Crippen MR) is 57.4 cm³/mol. The van der Waals surface area contributed by atoms with Gasteiger partial charge in [0.2, 0.25) is 5.88 Å². The van der Waals surface area contributed by atoms with E-state index in [9.17, 15) is 0 Å². The number of rotatable bonds is 2. The standard InChI is InChI=1S/C9H12N4OS/c1-5-6(2)11-13(4)8(5)14-9-10-7(3)15-12-9/h1-4H3. The van der Waals surface area contributed by atoms with Gasteiger partial charge in [-0.3, -0.25) is 0 Å². The summed E-state index contributed by atoms with van der Waals surface area (Å²) in [5.41, 5.74) is 1.98. The van der Waals surface area contributed by atoms with Crippen molar-refractivity contribution in [3.8, 4) is 11.9 Å². The van der Waals surface area contributed by atoms with Crippen molar-refractivity contribution < 1.29 is 4.74 Å². The second kappa shape index (κ2) is 3.62. The van der Waals surface area contributed by atoms with Crippen LogP contribution in [0.5, 0.6) is 11.9 Å². The molecule has 0 fully saturated rings. The first kappa shape index (κ1) is 10.1. The van der Waals surface area contributed by atoms with Gasteiger partial charge >= 0.3 is 6.01 Å². The summed E-state index contributed by atoms with van der Waals surface area (Å²) < 4.78 is 11.3. The largest absolute Gasteiger partial charge is 0.405 e. The third kappa shape index (κ3) is 1.85. The monoisotopic (exact) mass is 224 g/mol. The Morgan fingerprint density at radius 3 is 2.47 bits per heavy atom. The molecule has 0 saturated heterocycles. The van der Waals surface area contributed by atoms with Crippen LogP contribution >= 0.6 is 11.5 Å². The normalized spacial score (nSPS) is 10.7. The molecule has 0 radical (unpaired) electrons. The SMILES string of the molecule is Cc1nc(Oc2c(C)c(C)nn2C)ns1. The van der Waals surface area contributed by atoms with Crippen LogP contribution < -0.4 is 4.74 Å². The number of hydrogen-bond acceptors (Lipinski definition) is 5. The highest BCUT2D eigenvalue weighted by Crippen LogP contribution is 2.24. The fourth-order valence-corrected chi connectivity index (χ4v) is 1.70. The molecule has 0 aliphatic rings. The zero-order valence-electron chi connectivity index (χ0n) is 9.11. The summed E-state index contributed by atoms with van der Waals surface area (Å²) in [5.74, 6) is 0.699. The van der Waals surface area contributed by atoms with E-state index in [1.165, 1.54) is 11.5 Å². The van der Waals surface area contributed by atoms with Gasteiger partial charge < -0.3 is 4.74 Å². The average Bonchev–Trinajstić information content (AvgIpc) is 2.67. The Morgan fingerprint density at radius 2 is 2.00 bits per heavy atom. The Bertz CT molecular complexity index is 488. The quantitative estimate of drug-likeness (QED) is 0.782. The van der Waals surface area contributed by atoms with Crippen molar-refractivity contribution in [1.82, 2.24) is 19.1 Å². The fraction of sp³-hybridized carbons (Fsp3) is 0.444. The molecule has 0 saturated carbocycles. The van der Waals surface area contributed by atoms with E-state index in [1.807, 2.05) is 27.8 Å². The van der Waals surface area contributed by atoms with E-state index in [1.54, 1.807) is 4.68 Å². The molecule has 5 nitrogen and oxygen atoms in total. The maximum absolute atomic E-state index is 5.57. The minimum Gasteiger partial charge on any atom is -0.405 e.